The summed E-state index contributed by atoms with van der Waals surface area (Å²) in [6.07, 6.45) is 2.56. The quantitative estimate of drug-likeness (QED) is 0.801. The third-order valence-electron chi connectivity index (χ3n) is 3.41. The highest BCUT2D eigenvalue weighted by Crippen LogP contribution is 2.20. The van der Waals surface area contributed by atoms with Crippen molar-refractivity contribution in [2.24, 2.45) is 0 Å². The lowest BCUT2D eigenvalue weighted by molar-refractivity contribution is 0.518. The van der Waals surface area contributed by atoms with Gasteiger partial charge in [0.05, 0.1) is 0 Å². The Morgan fingerprint density at radius 1 is 1.00 bits per heavy atom. The molecule has 0 fully saturated rings. The number of likely N-dealkylation sites (N-methyl/N-ethyl adjacent to an activating group) is 1. The van der Waals surface area contributed by atoms with Gasteiger partial charge in [0, 0.05) is 21.9 Å². The van der Waals surface area contributed by atoms with Gasteiger partial charge in [0.1, 0.15) is 11.6 Å². The number of hydrogen-bond donors (Lipinski definition) is 1. The fourth-order valence-electron chi connectivity index (χ4n) is 2.48. The fourth-order valence-corrected chi connectivity index (χ4v) is 3.52. The van der Waals surface area contributed by atoms with Crippen molar-refractivity contribution in [1.29, 1.82) is 0 Å². The molecule has 1 aromatic heterocycles. The molecule has 0 bridgehead atoms. The summed E-state index contributed by atoms with van der Waals surface area (Å²) in [5, 5.41) is 3.41. The lowest BCUT2D eigenvalue weighted by Crippen LogP contribution is -2.32. The van der Waals surface area contributed by atoms with E-state index in [0.29, 0.717) is 12.0 Å². The van der Waals surface area contributed by atoms with Gasteiger partial charge in [0.15, 0.2) is 0 Å². The van der Waals surface area contributed by atoms with Gasteiger partial charge in [-0.05, 0) is 55.6 Å². The molecule has 2 aromatic rings. The monoisotopic (exact) mass is 309 g/mol. The van der Waals surface area contributed by atoms with E-state index in [4.69, 9.17) is 0 Å². The Balaban J connectivity index is 2.07. The molecule has 0 aliphatic carbocycles. The van der Waals surface area contributed by atoms with E-state index in [0.717, 1.165) is 25.5 Å². The molecule has 21 heavy (non-hydrogen) atoms. The number of hydrogen-bond acceptors (Lipinski definition) is 2. The van der Waals surface area contributed by atoms with Crippen LogP contribution < -0.4 is 5.32 Å². The van der Waals surface area contributed by atoms with Crippen molar-refractivity contribution in [3.8, 4) is 0 Å². The Kier molecular flexibility index (Phi) is 5.88. The van der Waals surface area contributed by atoms with E-state index in [2.05, 4.69) is 24.4 Å². The van der Waals surface area contributed by atoms with Gasteiger partial charge in [-0.25, -0.2) is 8.78 Å². The second kappa shape index (κ2) is 7.66. The average Bonchev–Trinajstić information content (AvgIpc) is 2.85. The number of thiophene rings is 1. The third kappa shape index (κ3) is 4.90. The molecule has 1 N–H and O–H groups in total. The number of aryl methyl sites for hydroxylation is 1. The summed E-state index contributed by atoms with van der Waals surface area (Å²) in [6.45, 7) is 5.03. The van der Waals surface area contributed by atoms with Crippen molar-refractivity contribution in [1.82, 2.24) is 5.32 Å². The van der Waals surface area contributed by atoms with E-state index >= 15 is 0 Å². The summed E-state index contributed by atoms with van der Waals surface area (Å²) in [5.74, 6) is -1.02. The van der Waals surface area contributed by atoms with Crippen molar-refractivity contribution < 1.29 is 8.78 Å². The zero-order valence-electron chi connectivity index (χ0n) is 12.5. The molecule has 0 amide bonds. The smallest absolute Gasteiger partial charge is 0.126 e. The molecule has 2 rings (SSSR count). The van der Waals surface area contributed by atoms with E-state index in [1.54, 1.807) is 0 Å². The fraction of sp³-hybridized carbons (Fsp3) is 0.412. The van der Waals surface area contributed by atoms with Crippen LogP contribution in [0.25, 0.3) is 0 Å². The molecule has 1 atom stereocenters. The Labute approximate surface area is 129 Å². The van der Waals surface area contributed by atoms with Crippen LogP contribution in [0.4, 0.5) is 8.78 Å². The molecule has 1 nitrogen and oxygen atoms in total. The third-order valence-corrected chi connectivity index (χ3v) is 4.66. The molecular weight excluding hydrogens is 288 g/mol. The molecule has 114 valence electrons. The summed E-state index contributed by atoms with van der Waals surface area (Å²) < 4.78 is 26.6. The minimum absolute atomic E-state index is 0.194. The lowest BCUT2D eigenvalue weighted by Gasteiger charge is -2.17. The van der Waals surface area contributed by atoms with Gasteiger partial charge < -0.3 is 5.32 Å². The van der Waals surface area contributed by atoms with Crippen molar-refractivity contribution in [3.05, 3.63) is 57.3 Å². The molecule has 0 spiro atoms. The van der Waals surface area contributed by atoms with Gasteiger partial charge >= 0.3 is 0 Å². The first-order chi connectivity index (χ1) is 10.1. The summed E-state index contributed by atoms with van der Waals surface area (Å²) in [4.78, 5) is 2.69. The number of rotatable bonds is 7. The molecule has 0 saturated heterocycles. The molecular formula is C17H21F2NS. The maximum absolute atomic E-state index is 13.3. The summed E-state index contributed by atoms with van der Waals surface area (Å²) >= 11 is 1.82. The molecule has 1 aromatic carbocycles. The van der Waals surface area contributed by atoms with E-state index in [9.17, 15) is 8.78 Å². The second-order valence-electron chi connectivity index (χ2n) is 5.16. The lowest BCUT2D eigenvalue weighted by atomic mass is 10.0. The SMILES string of the molecule is CCNC(Cc1cc(F)cc(F)c1)Cc1ccc(CC)s1. The van der Waals surface area contributed by atoms with Crippen molar-refractivity contribution in [3.63, 3.8) is 0 Å². The zero-order valence-corrected chi connectivity index (χ0v) is 13.3. The van der Waals surface area contributed by atoms with Gasteiger partial charge in [-0.3, -0.25) is 0 Å². The average molecular weight is 309 g/mol. The van der Waals surface area contributed by atoms with Crippen LogP contribution in [0.3, 0.4) is 0 Å². The highest BCUT2D eigenvalue weighted by Gasteiger charge is 2.12. The van der Waals surface area contributed by atoms with Crippen LogP contribution >= 0.6 is 11.3 Å². The standard InChI is InChI=1S/C17H21F2NS/c1-3-16-5-6-17(21-16)11-15(20-4-2)9-12-7-13(18)10-14(19)8-12/h5-8,10,15,20H,3-4,9,11H2,1-2H3. The highest BCUT2D eigenvalue weighted by molar-refractivity contribution is 7.11. The van der Waals surface area contributed by atoms with Crippen molar-refractivity contribution in [2.45, 2.75) is 39.2 Å². The first-order valence-corrected chi connectivity index (χ1v) is 8.18. The second-order valence-corrected chi connectivity index (χ2v) is 6.41. The number of halogens is 2. The van der Waals surface area contributed by atoms with Crippen LogP contribution in [0.15, 0.2) is 30.3 Å². The number of nitrogens with one attached hydrogen (secondary N) is 1. The van der Waals surface area contributed by atoms with Gasteiger partial charge in [-0.1, -0.05) is 13.8 Å². The Morgan fingerprint density at radius 2 is 1.67 bits per heavy atom. The van der Waals surface area contributed by atoms with Crippen molar-refractivity contribution in [2.75, 3.05) is 6.54 Å². The van der Waals surface area contributed by atoms with Crippen LogP contribution in [-0.4, -0.2) is 12.6 Å². The summed E-state index contributed by atoms with van der Waals surface area (Å²) in [6, 6.07) is 8.25. The Morgan fingerprint density at radius 3 is 2.24 bits per heavy atom. The van der Waals surface area contributed by atoms with Crippen LogP contribution in [0.1, 0.15) is 29.2 Å². The zero-order chi connectivity index (χ0) is 15.2. The van der Waals surface area contributed by atoms with Crippen molar-refractivity contribution >= 4 is 11.3 Å². The van der Waals surface area contributed by atoms with Gasteiger partial charge in [-0.2, -0.15) is 0 Å². The van der Waals surface area contributed by atoms with Crippen LogP contribution in [0.2, 0.25) is 0 Å². The van der Waals surface area contributed by atoms with Gasteiger partial charge in [-0.15, -0.1) is 11.3 Å². The first-order valence-electron chi connectivity index (χ1n) is 7.36. The Hall–Kier alpha value is -1.26. The van der Waals surface area contributed by atoms with E-state index in [1.165, 1.54) is 21.9 Å². The molecule has 4 heteroatoms. The molecule has 0 saturated carbocycles. The first kappa shape index (κ1) is 16.1. The number of benzene rings is 1. The molecule has 0 radical (unpaired) electrons. The molecule has 1 unspecified atom stereocenters. The molecule has 0 aliphatic rings. The Bertz CT molecular complexity index is 560. The van der Waals surface area contributed by atoms with Gasteiger partial charge in [0.2, 0.25) is 0 Å². The van der Waals surface area contributed by atoms with E-state index in [-0.39, 0.29) is 6.04 Å². The van der Waals surface area contributed by atoms with Gasteiger partial charge in [0.25, 0.3) is 0 Å². The van der Waals surface area contributed by atoms with Crippen LogP contribution in [0.5, 0.6) is 0 Å². The molecule has 0 aliphatic heterocycles. The maximum Gasteiger partial charge on any atom is 0.126 e. The largest absolute Gasteiger partial charge is 0.314 e. The maximum atomic E-state index is 13.3. The van der Waals surface area contributed by atoms with Crippen LogP contribution in [0, 0.1) is 11.6 Å². The topological polar surface area (TPSA) is 12.0 Å². The normalized spacial score (nSPS) is 12.6. The summed E-state index contributed by atoms with van der Waals surface area (Å²) in [7, 11) is 0. The summed E-state index contributed by atoms with van der Waals surface area (Å²) in [5.41, 5.74) is 0.700. The van der Waals surface area contributed by atoms with E-state index in [1.807, 2.05) is 18.3 Å². The predicted octanol–water partition coefficient (Wildman–Crippen LogP) is 4.35. The predicted molar refractivity (Wildman–Crippen MR) is 84.9 cm³/mol. The highest BCUT2D eigenvalue weighted by atomic mass is 32.1. The molecule has 1 heterocycles. The van der Waals surface area contributed by atoms with E-state index < -0.39 is 11.6 Å². The minimum atomic E-state index is -0.510. The minimum Gasteiger partial charge on any atom is -0.314 e. The van der Waals surface area contributed by atoms with Crippen LogP contribution in [-0.2, 0) is 19.3 Å².